The van der Waals surface area contributed by atoms with Crippen LogP contribution in [0.1, 0.15) is 37.0 Å². The van der Waals surface area contributed by atoms with Gasteiger partial charge in [0, 0.05) is 22.2 Å². The van der Waals surface area contributed by atoms with Crippen LogP contribution in [0, 0.1) is 0 Å². The van der Waals surface area contributed by atoms with Gasteiger partial charge in [-0.3, -0.25) is 4.79 Å². The molecule has 0 aliphatic carbocycles. The van der Waals surface area contributed by atoms with E-state index in [0.29, 0.717) is 27.8 Å². The molecule has 134 valence electrons. The third kappa shape index (κ3) is 4.14. The molecule has 1 amide bonds. The van der Waals surface area contributed by atoms with Crippen LogP contribution in [0.3, 0.4) is 0 Å². The molecular weight excluding hydrogens is 348 g/mol. The fraction of sp³-hybridized carbons (Fsp3) is 0.238. The smallest absolute Gasteiger partial charge is 0.252 e. The Morgan fingerprint density at radius 3 is 2.65 bits per heavy atom. The summed E-state index contributed by atoms with van der Waals surface area (Å²) >= 11 is 5.93. The van der Waals surface area contributed by atoms with Gasteiger partial charge in [0.2, 0.25) is 5.89 Å². The van der Waals surface area contributed by atoms with Crippen molar-refractivity contribution in [3.8, 4) is 22.8 Å². The first-order valence-electron chi connectivity index (χ1n) is 8.70. The molecule has 0 aliphatic heterocycles. The van der Waals surface area contributed by atoms with Crippen molar-refractivity contribution < 1.29 is 9.21 Å². The van der Waals surface area contributed by atoms with Crippen molar-refractivity contribution in [2.45, 2.75) is 32.7 Å². The highest BCUT2D eigenvalue weighted by molar-refractivity contribution is 6.30. The van der Waals surface area contributed by atoms with Crippen molar-refractivity contribution in [1.29, 1.82) is 0 Å². The molecule has 0 saturated carbocycles. The molecule has 3 aromatic rings. The zero-order valence-corrected chi connectivity index (χ0v) is 15.6. The van der Waals surface area contributed by atoms with Crippen LogP contribution in [0.2, 0.25) is 5.02 Å². The maximum absolute atomic E-state index is 12.6. The molecule has 0 spiro atoms. The number of hydrogen-bond acceptors (Lipinski definition) is 3. The highest BCUT2D eigenvalue weighted by atomic mass is 35.5. The van der Waals surface area contributed by atoms with Crippen LogP contribution in [0.15, 0.2) is 59.1 Å². The number of nitrogens with one attached hydrogen (secondary N) is 1. The molecule has 2 aromatic carbocycles. The lowest BCUT2D eigenvalue weighted by molar-refractivity contribution is 0.0938. The van der Waals surface area contributed by atoms with Gasteiger partial charge in [0.1, 0.15) is 0 Å². The minimum absolute atomic E-state index is 0.118. The molecule has 1 heterocycles. The number of halogens is 1. The molecule has 4 nitrogen and oxygen atoms in total. The standard InChI is InChI=1S/C21H21ClN2O2/c1-3-6-14(2)24-20(25)17-7-4-5-8-18(17)21-23-13-19(26-21)15-9-11-16(22)12-10-15/h4-5,7-14H,3,6H2,1-2H3,(H,24,25). The minimum atomic E-state index is -0.118. The average Bonchev–Trinajstić information content (AvgIpc) is 3.12. The Morgan fingerprint density at radius 2 is 1.92 bits per heavy atom. The first kappa shape index (κ1) is 18.2. The second-order valence-electron chi connectivity index (χ2n) is 6.25. The summed E-state index contributed by atoms with van der Waals surface area (Å²) in [5.41, 5.74) is 2.11. The number of benzene rings is 2. The van der Waals surface area contributed by atoms with Crippen LogP contribution < -0.4 is 5.32 Å². The predicted octanol–water partition coefficient (Wildman–Crippen LogP) is 5.58. The van der Waals surface area contributed by atoms with E-state index < -0.39 is 0 Å². The van der Waals surface area contributed by atoms with E-state index in [1.54, 1.807) is 24.4 Å². The molecule has 1 unspecified atom stereocenters. The van der Waals surface area contributed by atoms with Crippen LogP contribution in [0.25, 0.3) is 22.8 Å². The zero-order valence-electron chi connectivity index (χ0n) is 14.8. The fourth-order valence-corrected chi connectivity index (χ4v) is 2.95. The summed E-state index contributed by atoms with van der Waals surface area (Å²) < 4.78 is 5.90. The van der Waals surface area contributed by atoms with Gasteiger partial charge in [-0.25, -0.2) is 4.98 Å². The number of nitrogens with zero attached hydrogens (tertiary/aromatic N) is 1. The van der Waals surface area contributed by atoms with Gasteiger partial charge < -0.3 is 9.73 Å². The van der Waals surface area contributed by atoms with Crippen LogP contribution in [-0.2, 0) is 0 Å². The van der Waals surface area contributed by atoms with Crippen molar-refractivity contribution in [2.24, 2.45) is 0 Å². The van der Waals surface area contributed by atoms with E-state index in [1.807, 2.05) is 37.3 Å². The molecule has 0 aliphatic rings. The third-order valence-electron chi connectivity index (χ3n) is 4.14. The SMILES string of the molecule is CCCC(C)NC(=O)c1ccccc1-c1ncc(-c2ccc(Cl)cc2)o1. The molecular formula is C21H21ClN2O2. The van der Waals surface area contributed by atoms with Crippen molar-refractivity contribution in [1.82, 2.24) is 10.3 Å². The molecule has 0 fully saturated rings. The van der Waals surface area contributed by atoms with E-state index in [4.69, 9.17) is 16.0 Å². The van der Waals surface area contributed by atoms with Crippen molar-refractivity contribution >= 4 is 17.5 Å². The van der Waals surface area contributed by atoms with Crippen LogP contribution in [0.4, 0.5) is 0 Å². The van der Waals surface area contributed by atoms with Gasteiger partial charge in [-0.2, -0.15) is 0 Å². The summed E-state index contributed by atoms with van der Waals surface area (Å²) in [7, 11) is 0. The minimum Gasteiger partial charge on any atom is -0.436 e. The molecule has 5 heteroatoms. The second-order valence-corrected chi connectivity index (χ2v) is 6.68. The summed E-state index contributed by atoms with van der Waals surface area (Å²) in [5.74, 6) is 0.933. The van der Waals surface area contributed by atoms with Crippen LogP contribution >= 0.6 is 11.6 Å². The maximum Gasteiger partial charge on any atom is 0.252 e. The predicted molar refractivity (Wildman–Crippen MR) is 104 cm³/mol. The van der Waals surface area contributed by atoms with Crippen LogP contribution in [0.5, 0.6) is 0 Å². The highest BCUT2D eigenvalue weighted by Crippen LogP contribution is 2.29. The lowest BCUT2D eigenvalue weighted by Crippen LogP contribution is -2.32. The van der Waals surface area contributed by atoms with E-state index >= 15 is 0 Å². The molecule has 3 rings (SSSR count). The summed E-state index contributed by atoms with van der Waals surface area (Å²) in [6.45, 7) is 4.11. The van der Waals surface area contributed by atoms with Crippen molar-refractivity contribution in [3.63, 3.8) is 0 Å². The average molecular weight is 369 g/mol. The van der Waals surface area contributed by atoms with Gasteiger partial charge in [-0.15, -0.1) is 0 Å². The van der Waals surface area contributed by atoms with Gasteiger partial charge in [0.25, 0.3) is 5.91 Å². The highest BCUT2D eigenvalue weighted by Gasteiger charge is 2.18. The van der Waals surface area contributed by atoms with Gasteiger partial charge in [-0.05, 0) is 49.7 Å². The number of aromatic nitrogens is 1. The first-order chi connectivity index (χ1) is 12.6. The van der Waals surface area contributed by atoms with Crippen molar-refractivity contribution in [3.05, 3.63) is 65.3 Å². The van der Waals surface area contributed by atoms with E-state index in [1.165, 1.54) is 0 Å². The summed E-state index contributed by atoms with van der Waals surface area (Å²) in [5, 5.41) is 3.69. The van der Waals surface area contributed by atoms with E-state index in [2.05, 4.69) is 17.2 Å². The molecule has 0 bridgehead atoms. The van der Waals surface area contributed by atoms with Gasteiger partial charge in [0.15, 0.2) is 5.76 Å². The molecule has 0 saturated heterocycles. The van der Waals surface area contributed by atoms with E-state index in [9.17, 15) is 4.79 Å². The van der Waals surface area contributed by atoms with E-state index in [-0.39, 0.29) is 11.9 Å². The van der Waals surface area contributed by atoms with Crippen molar-refractivity contribution in [2.75, 3.05) is 0 Å². The molecule has 1 N–H and O–H groups in total. The first-order valence-corrected chi connectivity index (χ1v) is 9.08. The monoisotopic (exact) mass is 368 g/mol. The molecule has 1 aromatic heterocycles. The number of amides is 1. The molecule has 26 heavy (non-hydrogen) atoms. The Balaban J connectivity index is 1.88. The largest absolute Gasteiger partial charge is 0.436 e. The van der Waals surface area contributed by atoms with E-state index in [0.717, 1.165) is 18.4 Å². The third-order valence-corrected chi connectivity index (χ3v) is 4.39. The number of carbonyl (C=O) groups is 1. The number of oxazole rings is 1. The maximum atomic E-state index is 12.6. The second kappa shape index (κ2) is 8.19. The quantitative estimate of drug-likeness (QED) is 0.617. The normalized spacial score (nSPS) is 12.0. The fourth-order valence-electron chi connectivity index (χ4n) is 2.82. The summed E-state index contributed by atoms with van der Waals surface area (Å²) in [6, 6.07) is 14.8. The van der Waals surface area contributed by atoms with Crippen LogP contribution in [-0.4, -0.2) is 16.9 Å². The number of carbonyl (C=O) groups excluding carboxylic acids is 1. The van der Waals surface area contributed by atoms with Gasteiger partial charge in [-0.1, -0.05) is 37.1 Å². The Labute approximate surface area is 158 Å². The lowest BCUT2D eigenvalue weighted by Gasteiger charge is -2.14. The Bertz CT molecular complexity index is 887. The molecule has 1 atom stereocenters. The topological polar surface area (TPSA) is 55.1 Å². The van der Waals surface area contributed by atoms with Gasteiger partial charge in [0.05, 0.1) is 11.8 Å². The summed E-state index contributed by atoms with van der Waals surface area (Å²) in [4.78, 5) is 17.0. The number of rotatable bonds is 6. The molecule has 0 radical (unpaired) electrons. The zero-order chi connectivity index (χ0) is 18.5. The Morgan fingerprint density at radius 1 is 1.19 bits per heavy atom. The van der Waals surface area contributed by atoms with Gasteiger partial charge >= 0.3 is 0 Å². The Kier molecular flexibility index (Phi) is 5.74. The Hall–Kier alpha value is -2.59. The summed E-state index contributed by atoms with van der Waals surface area (Å²) in [6.07, 6.45) is 3.62. The lowest BCUT2D eigenvalue weighted by atomic mass is 10.1. The number of hydrogen-bond donors (Lipinski definition) is 1.